The molecule has 0 radical (unpaired) electrons. The monoisotopic (exact) mass is 305 g/mol. The van der Waals surface area contributed by atoms with Crippen LogP contribution in [0.15, 0.2) is 6.07 Å². The number of nitrogens with one attached hydrogen (secondary N) is 1. The fraction of sp³-hybridized carbons (Fsp3) is 0.765. The summed E-state index contributed by atoms with van der Waals surface area (Å²) in [6.07, 6.45) is 5.65. The van der Waals surface area contributed by atoms with Crippen LogP contribution in [0.1, 0.15) is 41.0 Å². The normalized spacial score (nSPS) is 24.6. The average molecular weight is 305 g/mol. The molecule has 0 aromatic carbocycles. The van der Waals surface area contributed by atoms with E-state index in [-0.39, 0.29) is 0 Å². The number of nitrogens with zero attached hydrogens (tertiary/aromatic N) is 2. The SMILES string of the molecule is Cc1sc(CNC2CC2)cc1CN1CCN(C2CC2)CC1. The molecule has 21 heavy (non-hydrogen) atoms. The van der Waals surface area contributed by atoms with Crippen LogP contribution in [0.4, 0.5) is 0 Å². The van der Waals surface area contributed by atoms with Crippen molar-refractivity contribution in [2.45, 2.75) is 57.8 Å². The lowest BCUT2D eigenvalue weighted by Crippen LogP contribution is -2.46. The van der Waals surface area contributed by atoms with E-state index in [0.29, 0.717) is 0 Å². The van der Waals surface area contributed by atoms with Crippen LogP contribution < -0.4 is 5.32 Å². The van der Waals surface area contributed by atoms with Gasteiger partial charge in [0.05, 0.1) is 0 Å². The fourth-order valence-corrected chi connectivity index (χ4v) is 4.34. The zero-order valence-corrected chi connectivity index (χ0v) is 13.9. The van der Waals surface area contributed by atoms with E-state index in [9.17, 15) is 0 Å². The van der Waals surface area contributed by atoms with Crippen molar-refractivity contribution < 1.29 is 0 Å². The second-order valence-electron chi connectivity index (χ2n) is 6.99. The van der Waals surface area contributed by atoms with Crippen LogP contribution in [0.25, 0.3) is 0 Å². The van der Waals surface area contributed by atoms with E-state index >= 15 is 0 Å². The highest BCUT2D eigenvalue weighted by Crippen LogP contribution is 2.29. The maximum Gasteiger partial charge on any atom is 0.0302 e. The molecular weight excluding hydrogens is 278 g/mol. The first kappa shape index (κ1) is 14.2. The number of piperazine rings is 1. The predicted molar refractivity (Wildman–Crippen MR) is 88.8 cm³/mol. The summed E-state index contributed by atoms with van der Waals surface area (Å²) >= 11 is 1.99. The van der Waals surface area contributed by atoms with Gasteiger partial charge < -0.3 is 5.32 Å². The summed E-state index contributed by atoms with van der Waals surface area (Å²) in [6.45, 7) is 9.59. The Morgan fingerprint density at radius 2 is 1.90 bits per heavy atom. The molecular formula is C17H27N3S. The van der Waals surface area contributed by atoms with Gasteiger partial charge in [0.2, 0.25) is 0 Å². The van der Waals surface area contributed by atoms with Gasteiger partial charge in [-0.1, -0.05) is 0 Å². The highest BCUT2D eigenvalue weighted by molar-refractivity contribution is 7.12. The molecule has 1 aromatic rings. The van der Waals surface area contributed by atoms with E-state index in [1.165, 1.54) is 61.6 Å². The number of hydrogen-bond acceptors (Lipinski definition) is 4. The van der Waals surface area contributed by atoms with Crippen molar-refractivity contribution in [1.29, 1.82) is 0 Å². The lowest BCUT2D eigenvalue weighted by Gasteiger charge is -2.34. The molecule has 1 saturated heterocycles. The Kier molecular flexibility index (Phi) is 4.05. The zero-order valence-electron chi connectivity index (χ0n) is 13.1. The van der Waals surface area contributed by atoms with Gasteiger partial charge in [0, 0.05) is 61.1 Å². The van der Waals surface area contributed by atoms with Gasteiger partial charge in [-0.3, -0.25) is 9.80 Å². The van der Waals surface area contributed by atoms with E-state index < -0.39 is 0 Å². The van der Waals surface area contributed by atoms with Crippen molar-refractivity contribution in [3.05, 3.63) is 21.4 Å². The Morgan fingerprint density at radius 1 is 1.14 bits per heavy atom. The van der Waals surface area contributed by atoms with Crippen molar-refractivity contribution in [1.82, 2.24) is 15.1 Å². The summed E-state index contributed by atoms with van der Waals surface area (Å²) in [6, 6.07) is 4.20. The van der Waals surface area contributed by atoms with Crippen molar-refractivity contribution in [3.8, 4) is 0 Å². The third-order valence-corrected chi connectivity index (χ3v) is 6.17. The first-order chi connectivity index (χ1) is 10.3. The molecule has 0 bridgehead atoms. The third-order valence-electron chi connectivity index (χ3n) is 5.08. The van der Waals surface area contributed by atoms with Crippen molar-refractivity contribution >= 4 is 11.3 Å². The number of hydrogen-bond donors (Lipinski definition) is 1. The third kappa shape index (κ3) is 3.67. The Labute approximate surface area is 132 Å². The topological polar surface area (TPSA) is 18.5 Å². The van der Waals surface area contributed by atoms with Crippen molar-refractivity contribution in [3.63, 3.8) is 0 Å². The smallest absolute Gasteiger partial charge is 0.0302 e. The second-order valence-corrected chi connectivity index (χ2v) is 8.33. The van der Waals surface area contributed by atoms with Crippen LogP contribution in [0.2, 0.25) is 0 Å². The first-order valence-corrected chi connectivity index (χ1v) is 9.37. The van der Waals surface area contributed by atoms with Crippen LogP contribution in [-0.2, 0) is 13.1 Å². The Balaban J connectivity index is 1.29. The lowest BCUT2D eigenvalue weighted by molar-refractivity contribution is 0.121. The van der Waals surface area contributed by atoms with Gasteiger partial charge in [0.1, 0.15) is 0 Å². The molecule has 1 N–H and O–H groups in total. The molecule has 4 heteroatoms. The summed E-state index contributed by atoms with van der Waals surface area (Å²) in [5, 5.41) is 3.63. The van der Waals surface area contributed by atoms with Gasteiger partial charge in [0.15, 0.2) is 0 Å². The van der Waals surface area contributed by atoms with E-state index in [2.05, 4.69) is 28.1 Å². The average Bonchev–Trinajstić information content (AvgIpc) is 3.38. The maximum absolute atomic E-state index is 3.63. The molecule has 2 saturated carbocycles. The van der Waals surface area contributed by atoms with Gasteiger partial charge in [-0.05, 0) is 44.2 Å². The second kappa shape index (κ2) is 5.99. The molecule has 0 atom stereocenters. The summed E-state index contributed by atoms with van der Waals surface area (Å²) in [5.74, 6) is 0. The maximum atomic E-state index is 3.63. The minimum atomic E-state index is 0.811. The summed E-state index contributed by atoms with van der Waals surface area (Å²) < 4.78 is 0. The molecule has 0 unspecified atom stereocenters. The molecule has 4 rings (SSSR count). The zero-order chi connectivity index (χ0) is 14.2. The van der Waals surface area contributed by atoms with Crippen LogP contribution in [0, 0.1) is 6.92 Å². The predicted octanol–water partition coefficient (Wildman–Crippen LogP) is 2.59. The van der Waals surface area contributed by atoms with E-state index in [4.69, 9.17) is 0 Å². The highest BCUT2D eigenvalue weighted by atomic mass is 32.1. The van der Waals surface area contributed by atoms with E-state index in [1.54, 1.807) is 5.56 Å². The summed E-state index contributed by atoms with van der Waals surface area (Å²) in [7, 11) is 0. The largest absolute Gasteiger partial charge is 0.309 e. The fourth-order valence-electron chi connectivity index (χ4n) is 3.33. The Bertz CT molecular complexity index is 482. The molecule has 3 fully saturated rings. The van der Waals surface area contributed by atoms with Crippen LogP contribution in [0.3, 0.4) is 0 Å². The van der Waals surface area contributed by atoms with Gasteiger partial charge in [0.25, 0.3) is 0 Å². The quantitative estimate of drug-likeness (QED) is 0.871. The van der Waals surface area contributed by atoms with E-state index in [1.807, 2.05) is 11.3 Å². The number of aryl methyl sites for hydroxylation is 1. The van der Waals surface area contributed by atoms with Gasteiger partial charge in [-0.15, -0.1) is 11.3 Å². The Hall–Kier alpha value is -0.420. The van der Waals surface area contributed by atoms with Crippen LogP contribution in [0.5, 0.6) is 0 Å². The van der Waals surface area contributed by atoms with Gasteiger partial charge in [-0.25, -0.2) is 0 Å². The number of thiophene rings is 1. The molecule has 0 amide bonds. The molecule has 1 aliphatic heterocycles. The summed E-state index contributed by atoms with van der Waals surface area (Å²) in [5.41, 5.74) is 1.56. The minimum Gasteiger partial charge on any atom is -0.309 e. The summed E-state index contributed by atoms with van der Waals surface area (Å²) in [4.78, 5) is 8.38. The lowest BCUT2D eigenvalue weighted by atomic mass is 10.2. The van der Waals surface area contributed by atoms with Crippen molar-refractivity contribution in [2.75, 3.05) is 26.2 Å². The minimum absolute atomic E-state index is 0.811. The standard InChI is InChI=1S/C17H27N3S/c1-13-14(10-17(21-13)11-18-15-2-3-15)12-19-6-8-20(9-7-19)16-4-5-16/h10,15-16,18H,2-9,11-12H2,1H3. The molecule has 3 aliphatic rings. The van der Waals surface area contributed by atoms with Crippen LogP contribution >= 0.6 is 11.3 Å². The van der Waals surface area contributed by atoms with E-state index in [0.717, 1.165) is 25.2 Å². The van der Waals surface area contributed by atoms with Crippen LogP contribution in [-0.4, -0.2) is 48.1 Å². The molecule has 2 heterocycles. The van der Waals surface area contributed by atoms with Crippen molar-refractivity contribution in [2.24, 2.45) is 0 Å². The molecule has 3 nitrogen and oxygen atoms in total. The van der Waals surface area contributed by atoms with Gasteiger partial charge in [-0.2, -0.15) is 0 Å². The highest BCUT2D eigenvalue weighted by Gasteiger charge is 2.31. The molecule has 2 aliphatic carbocycles. The number of rotatable bonds is 6. The molecule has 116 valence electrons. The molecule has 1 aromatic heterocycles. The van der Waals surface area contributed by atoms with Gasteiger partial charge >= 0.3 is 0 Å². The Morgan fingerprint density at radius 3 is 2.57 bits per heavy atom. The molecule has 0 spiro atoms. The first-order valence-electron chi connectivity index (χ1n) is 8.56.